The fraction of sp³-hybridized carbons (Fsp3) is 0.562. The topological polar surface area (TPSA) is 26.3 Å². The molecule has 0 spiro atoms. The van der Waals surface area contributed by atoms with E-state index in [0.717, 1.165) is 31.4 Å². The van der Waals surface area contributed by atoms with Gasteiger partial charge in [0.1, 0.15) is 11.5 Å². The Balaban J connectivity index is 2.58. The number of carbonyl (C=O) groups excluding carboxylic acids is 1. The van der Waals surface area contributed by atoms with Crippen LogP contribution in [0.25, 0.3) is 0 Å². The minimum Gasteiger partial charge on any atom is -0.497 e. The monoisotopic (exact) mass is 246 g/mol. The molecule has 0 heterocycles. The average molecular weight is 246 g/mol. The maximum Gasteiger partial charge on any atom is 0.143 e. The molecule has 0 fully saturated rings. The molecule has 0 atom stereocenters. The molecule has 1 aromatic carbocycles. The van der Waals surface area contributed by atoms with E-state index in [-0.39, 0.29) is 5.41 Å². The van der Waals surface area contributed by atoms with Gasteiger partial charge in [-0.15, -0.1) is 0 Å². The second kappa shape index (κ2) is 5.13. The standard InChI is InChI=1S/C16H22O2/c1-4-16(5-2)14-10-9-13(18-3)11-12(14)7-6-8-15(16)17/h9-11H,4-8H2,1-3H3. The Morgan fingerprint density at radius 1 is 1.22 bits per heavy atom. The van der Waals surface area contributed by atoms with Crippen LogP contribution < -0.4 is 4.74 Å². The van der Waals surface area contributed by atoms with E-state index >= 15 is 0 Å². The van der Waals surface area contributed by atoms with Crippen LogP contribution in [-0.2, 0) is 16.6 Å². The summed E-state index contributed by atoms with van der Waals surface area (Å²) in [5, 5.41) is 0. The van der Waals surface area contributed by atoms with Gasteiger partial charge in [-0.2, -0.15) is 0 Å². The zero-order chi connectivity index (χ0) is 13.2. The molecule has 2 nitrogen and oxygen atoms in total. The van der Waals surface area contributed by atoms with Crippen molar-refractivity contribution in [1.82, 2.24) is 0 Å². The Hall–Kier alpha value is -1.31. The van der Waals surface area contributed by atoms with Crippen molar-refractivity contribution in [3.05, 3.63) is 29.3 Å². The normalized spacial score (nSPS) is 18.1. The Bertz CT molecular complexity index is 444. The molecule has 0 aromatic heterocycles. The van der Waals surface area contributed by atoms with E-state index in [1.807, 2.05) is 6.07 Å². The van der Waals surface area contributed by atoms with Gasteiger partial charge in [0.25, 0.3) is 0 Å². The number of methoxy groups -OCH3 is 1. The predicted molar refractivity (Wildman–Crippen MR) is 73.2 cm³/mol. The molecule has 2 heteroatoms. The molecule has 1 aromatic rings. The van der Waals surface area contributed by atoms with E-state index in [1.54, 1.807) is 7.11 Å². The van der Waals surface area contributed by atoms with Crippen LogP contribution in [0, 0.1) is 0 Å². The van der Waals surface area contributed by atoms with Gasteiger partial charge in [0.2, 0.25) is 0 Å². The van der Waals surface area contributed by atoms with Gasteiger partial charge in [0, 0.05) is 6.42 Å². The van der Waals surface area contributed by atoms with Crippen LogP contribution >= 0.6 is 0 Å². The van der Waals surface area contributed by atoms with Crippen LogP contribution in [0.2, 0.25) is 0 Å². The lowest BCUT2D eigenvalue weighted by Crippen LogP contribution is -2.34. The largest absolute Gasteiger partial charge is 0.497 e. The summed E-state index contributed by atoms with van der Waals surface area (Å²) in [5.74, 6) is 1.31. The van der Waals surface area contributed by atoms with Crippen molar-refractivity contribution in [3.63, 3.8) is 0 Å². The maximum atomic E-state index is 12.5. The highest BCUT2D eigenvalue weighted by Gasteiger charge is 2.39. The van der Waals surface area contributed by atoms with Crippen molar-refractivity contribution in [3.8, 4) is 5.75 Å². The highest BCUT2D eigenvalue weighted by atomic mass is 16.5. The van der Waals surface area contributed by atoms with Crippen LogP contribution in [0.1, 0.15) is 50.7 Å². The molecular weight excluding hydrogens is 224 g/mol. The van der Waals surface area contributed by atoms with Crippen molar-refractivity contribution >= 4 is 5.78 Å². The van der Waals surface area contributed by atoms with Gasteiger partial charge < -0.3 is 4.74 Å². The Morgan fingerprint density at radius 3 is 2.56 bits per heavy atom. The number of ether oxygens (including phenoxy) is 1. The first-order valence-electron chi connectivity index (χ1n) is 6.88. The number of Topliss-reactive ketones (excluding diaryl/α,β-unsaturated/α-hetero) is 1. The molecule has 0 bridgehead atoms. The van der Waals surface area contributed by atoms with Gasteiger partial charge in [-0.25, -0.2) is 0 Å². The second-order valence-corrected chi connectivity index (χ2v) is 5.09. The van der Waals surface area contributed by atoms with Crippen molar-refractivity contribution in [2.24, 2.45) is 0 Å². The van der Waals surface area contributed by atoms with Crippen molar-refractivity contribution in [2.75, 3.05) is 7.11 Å². The van der Waals surface area contributed by atoms with E-state index < -0.39 is 0 Å². The number of ketones is 1. The van der Waals surface area contributed by atoms with Gasteiger partial charge in [-0.3, -0.25) is 4.79 Å². The van der Waals surface area contributed by atoms with E-state index in [2.05, 4.69) is 26.0 Å². The molecule has 1 aliphatic rings. The third kappa shape index (κ3) is 1.94. The van der Waals surface area contributed by atoms with Gasteiger partial charge in [0.15, 0.2) is 0 Å². The summed E-state index contributed by atoms with van der Waals surface area (Å²) in [4.78, 5) is 12.5. The highest BCUT2D eigenvalue weighted by molar-refractivity contribution is 5.91. The summed E-state index contributed by atoms with van der Waals surface area (Å²) >= 11 is 0. The zero-order valence-corrected chi connectivity index (χ0v) is 11.6. The summed E-state index contributed by atoms with van der Waals surface area (Å²) in [5.41, 5.74) is 2.26. The summed E-state index contributed by atoms with van der Waals surface area (Å²) in [6, 6.07) is 6.19. The molecular formula is C16H22O2. The van der Waals surface area contributed by atoms with Crippen LogP contribution in [0.5, 0.6) is 5.75 Å². The molecule has 0 amide bonds. The molecule has 0 saturated heterocycles. The fourth-order valence-electron chi connectivity index (χ4n) is 3.22. The van der Waals surface area contributed by atoms with Gasteiger partial charge in [0.05, 0.1) is 12.5 Å². The van der Waals surface area contributed by atoms with Crippen LogP contribution in [-0.4, -0.2) is 12.9 Å². The smallest absolute Gasteiger partial charge is 0.143 e. The number of fused-ring (bicyclic) bond motifs is 1. The molecule has 0 unspecified atom stereocenters. The van der Waals surface area contributed by atoms with Crippen molar-refractivity contribution in [1.29, 1.82) is 0 Å². The van der Waals surface area contributed by atoms with E-state index in [1.165, 1.54) is 11.1 Å². The first kappa shape index (κ1) is 13.1. The first-order valence-corrected chi connectivity index (χ1v) is 6.88. The molecule has 0 radical (unpaired) electrons. The Labute approximate surface area is 109 Å². The number of rotatable bonds is 3. The fourth-order valence-corrected chi connectivity index (χ4v) is 3.22. The minimum atomic E-state index is -0.266. The van der Waals surface area contributed by atoms with Crippen molar-refractivity contribution < 1.29 is 9.53 Å². The minimum absolute atomic E-state index is 0.266. The van der Waals surface area contributed by atoms with Gasteiger partial charge in [-0.05, 0) is 48.9 Å². The Kier molecular flexibility index (Phi) is 3.74. The molecule has 1 aliphatic carbocycles. The lowest BCUT2D eigenvalue weighted by atomic mass is 9.71. The van der Waals surface area contributed by atoms with Gasteiger partial charge >= 0.3 is 0 Å². The summed E-state index contributed by atoms with van der Waals surface area (Å²) in [6.45, 7) is 4.25. The number of aryl methyl sites for hydroxylation is 1. The lowest BCUT2D eigenvalue weighted by Gasteiger charge is -2.31. The average Bonchev–Trinajstić information content (AvgIpc) is 2.54. The second-order valence-electron chi connectivity index (χ2n) is 5.09. The Morgan fingerprint density at radius 2 is 1.94 bits per heavy atom. The number of hydrogen-bond donors (Lipinski definition) is 0. The van der Waals surface area contributed by atoms with Crippen LogP contribution in [0.4, 0.5) is 0 Å². The molecule has 0 saturated carbocycles. The number of carbonyl (C=O) groups is 1. The maximum absolute atomic E-state index is 12.5. The van der Waals surface area contributed by atoms with E-state index in [0.29, 0.717) is 12.2 Å². The third-order valence-corrected chi connectivity index (χ3v) is 4.42. The predicted octanol–water partition coefficient (Wildman–Crippen LogP) is 3.66. The first-order chi connectivity index (χ1) is 8.67. The number of benzene rings is 1. The van der Waals surface area contributed by atoms with E-state index in [9.17, 15) is 4.79 Å². The summed E-state index contributed by atoms with van der Waals surface area (Å²) in [7, 11) is 1.69. The third-order valence-electron chi connectivity index (χ3n) is 4.42. The van der Waals surface area contributed by atoms with Crippen LogP contribution in [0.3, 0.4) is 0 Å². The SMILES string of the molecule is CCC1(CC)C(=O)CCCc2cc(OC)ccc21. The molecule has 0 aliphatic heterocycles. The summed E-state index contributed by atoms with van der Waals surface area (Å²) < 4.78 is 5.30. The lowest BCUT2D eigenvalue weighted by molar-refractivity contribution is -0.124. The van der Waals surface area contributed by atoms with Crippen molar-refractivity contribution in [2.45, 2.75) is 51.4 Å². The van der Waals surface area contributed by atoms with E-state index in [4.69, 9.17) is 4.74 Å². The molecule has 98 valence electrons. The quantitative estimate of drug-likeness (QED) is 0.761. The zero-order valence-electron chi connectivity index (χ0n) is 11.6. The molecule has 0 N–H and O–H groups in total. The van der Waals surface area contributed by atoms with Crippen LogP contribution in [0.15, 0.2) is 18.2 Å². The summed E-state index contributed by atoms with van der Waals surface area (Å²) in [6.07, 6.45) is 4.43. The number of hydrogen-bond acceptors (Lipinski definition) is 2. The molecule has 2 rings (SSSR count). The molecule has 18 heavy (non-hydrogen) atoms. The van der Waals surface area contributed by atoms with Gasteiger partial charge in [-0.1, -0.05) is 19.9 Å². The highest BCUT2D eigenvalue weighted by Crippen LogP contribution is 2.40.